The van der Waals surface area contributed by atoms with E-state index in [1.54, 1.807) is 11.3 Å². The van der Waals surface area contributed by atoms with E-state index in [9.17, 15) is 0 Å². The van der Waals surface area contributed by atoms with Crippen molar-refractivity contribution in [2.24, 2.45) is 4.99 Å². The molecule has 6 heteroatoms. The molecule has 0 aliphatic carbocycles. The molecule has 0 unspecified atom stereocenters. The van der Waals surface area contributed by atoms with Gasteiger partial charge in [0.25, 0.3) is 0 Å². The van der Waals surface area contributed by atoms with Crippen LogP contribution in [-0.4, -0.2) is 41.2 Å². The molecule has 5 nitrogen and oxygen atoms in total. The highest BCUT2D eigenvalue weighted by molar-refractivity contribution is 7.11. The summed E-state index contributed by atoms with van der Waals surface area (Å²) in [5.41, 5.74) is 0.0809. The second-order valence-corrected chi connectivity index (χ2v) is 6.29. The highest BCUT2D eigenvalue weighted by Gasteiger charge is 2.19. The van der Waals surface area contributed by atoms with Gasteiger partial charge in [-0.3, -0.25) is 4.99 Å². The SMILES string of the molecule is CN1CCN=C1NCc1nnc(C(C)(C)C)s1. The maximum atomic E-state index is 4.38. The second kappa shape index (κ2) is 4.60. The minimum absolute atomic E-state index is 0.0809. The van der Waals surface area contributed by atoms with Crippen LogP contribution in [0.4, 0.5) is 0 Å². The molecule has 1 aliphatic heterocycles. The average Bonchev–Trinajstić information content (AvgIpc) is 2.82. The number of guanidine groups is 1. The second-order valence-electron chi connectivity index (χ2n) is 5.23. The molecule has 0 amide bonds. The Balaban J connectivity index is 1.94. The van der Waals surface area contributed by atoms with E-state index >= 15 is 0 Å². The van der Waals surface area contributed by atoms with E-state index < -0.39 is 0 Å². The zero-order valence-corrected chi connectivity index (χ0v) is 11.6. The summed E-state index contributed by atoms with van der Waals surface area (Å²) in [5.74, 6) is 0.956. The first-order valence-corrected chi connectivity index (χ1v) is 6.61. The Morgan fingerprint density at radius 1 is 1.35 bits per heavy atom. The molecule has 0 atom stereocenters. The third kappa shape index (κ3) is 2.94. The fourth-order valence-electron chi connectivity index (χ4n) is 1.51. The van der Waals surface area contributed by atoms with Crippen molar-refractivity contribution in [3.8, 4) is 0 Å². The maximum absolute atomic E-state index is 4.38. The van der Waals surface area contributed by atoms with Crippen molar-refractivity contribution in [2.75, 3.05) is 20.1 Å². The first kappa shape index (κ1) is 12.3. The Kier molecular flexibility index (Phi) is 3.33. The normalized spacial score (nSPS) is 16.2. The van der Waals surface area contributed by atoms with Crippen molar-refractivity contribution in [1.82, 2.24) is 20.4 Å². The van der Waals surface area contributed by atoms with Gasteiger partial charge in [-0.2, -0.15) is 0 Å². The number of aliphatic imine (C=N–C) groups is 1. The van der Waals surface area contributed by atoms with Gasteiger partial charge in [0.15, 0.2) is 5.96 Å². The van der Waals surface area contributed by atoms with Crippen LogP contribution in [0, 0.1) is 0 Å². The van der Waals surface area contributed by atoms with Crippen molar-refractivity contribution >= 4 is 17.3 Å². The molecule has 0 bridgehead atoms. The number of likely N-dealkylation sites (N-methyl/N-ethyl adjacent to an activating group) is 1. The maximum Gasteiger partial charge on any atom is 0.194 e. The van der Waals surface area contributed by atoms with Crippen LogP contribution in [0.5, 0.6) is 0 Å². The zero-order valence-electron chi connectivity index (χ0n) is 10.8. The molecule has 1 N–H and O–H groups in total. The fourth-order valence-corrected chi connectivity index (χ4v) is 2.34. The largest absolute Gasteiger partial charge is 0.350 e. The molecule has 0 radical (unpaired) electrons. The van der Waals surface area contributed by atoms with Gasteiger partial charge in [0, 0.05) is 19.0 Å². The van der Waals surface area contributed by atoms with Crippen LogP contribution in [0.1, 0.15) is 30.8 Å². The van der Waals surface area contributed by atoms with Gasteiger partial charge in [0.05, 0.1) is 13.1 Å². The molecular formula is C11H19N5S. The summed E-state index contributed by atoms with van der Waals surface area (Å²) in [6.07, 6.45) is 0. The third-order valence-electron chi connectivity index (χ3n) is 2.56. The van der Waals surface area contributed by atoms with Crippen molar-refractivity contribution in [3.05, 3.63) is 10.0 Å². The molecule has 1 aromatic heterocycles. The van der Waals surface area contributed by atoms with Gasteiger partial charge in [-0.15, -0.1) is 10.2 Å². The number of nitrogens with one attached hydrogen (secondary N) is 1. The van der Waals surface area contributed by atoms with E-state index in [1.165, 1.54) is 0 Å². The molecule has 1 aliphatic rings. The number of hydrogen-bond acceptors (Lipinski definition) is 6. The molecule has 17 heavy (non-hydrogen) atoms. The highest BCUT2D eigenvalue weighted by atomic mass is 32.1. The molecule has 2 rings (SSSR count). The molecule has 0 fully saturated rings. The van der Waals surface area contributed by atoms with Crippen LogP contribution in [0.25, 0.3) is 0 Å². The minimum atomic E-state index is 0.0809. The lowest BCUT2D eigenvalue weighted by Crippen LogP contribution is -2.35. The van der Waals surface area contributed by atoms with Crippen molar-refractivity contribution < 1.29 is 0 Å². The smallest absolute Gasteiger partial charge is 0.194 e. The summed E-state index contributed by atoms with van der Waals surface area (Å²) in [4.78, 5) is 6.49. The molecule has 1 aromatic rings. The molecule has 0 spiro atoms. The number of rotatable bonds is 2. The zero-order chi connectivity index (χ0) is 12.5. The van der Waals surface area contributed by atoms with Gasteiger partial charge in [-0.05, 0) is 0 Å². The molecule has 94 valence electrons. The summed E-state index contributed by atoms with van der Waals surface area (Å²) >= 11 is 1.67. The topological polar surface area (TPSA) is 53.4 Å². The van der Waals surface area contributed by atoms with Gasteiger partial charge in [0.1, 0.15) is 10.0 Å². The predicted molar refractivity (Wildman–Crippen MR) is 70.4 cm³/mol. The minimum Gasteiger partial charge on any atom is -0.350 e. The Bertz CT molecular complexity index is 418. The summed E-state index contributed by atoms with van der Waals surface area (Å²) in [6.45, 7) is 9.03. The van der Waals surface area contributed by atoms with Crippen LogP contribution in [0.3, 0.4) is 0 Å². The number of nitrogens with zero attached hydrogens (tertiary/aromatic N) is 4. The van der Waals surface area contributed by atoms with E-state index in [0.717, 1.165) is 29.1 Å². The van der Waals surface area contributed by atoms with E-state index in [2.05, 4.69) is 46.2 Å². The summed E-state index contributed by atoms with van der Waals surface area (Å²) in [5, 5.41) is 13.8. The van der Waals surface area contributed by atoms with Crippen LogP contribution >= 0.6 is 11.3 Å². The third-order valence-corrected chi connectivity index (χ3v) is 3.91. The lowest BCUT2D eigenvalue weighted by Gasteiger charge is -2.14. The van der Waals surface area contributed by atoms with E-state index in [-0.39, 0.29) is 5.41 Å². The summed E-state index contributed by atoms with van der Waals surface area (Å²) in [6, 6.07) is 0. The Hall–Kier alpha value is -1.17. The van der Waals surface area contributed by atoms with Gasteiger partial charge in [0.2, 0.25) is 0 Å². The standard InChI is InChI=1S/C11H19N5S/c1-11(2,3)9-15-14-8(17-9)7-13-10-12-5-6-16(10)4/h5-7H2,1-4H3,(H,12,13). The summed E-state index contributed by atoms with van der Waals surface area (Å²) < 4.78 is 0. The number of aromatic nitrogens is 2. The lowest BCUT2D eigenvalue weighted by molar-refractivity contribution is 0.533. The van der Waals surface area contributed by atoms with Crippen molar-refractivity contribution in [1.29, 1.82) is 0 Å². The first-order chi connectivity index (χ1) is 7.97. The molecule has 0 saturated heterocycles. The van der Waals surface area contributed by atoms with Gasteiger partial charge in [-0.1, -0.05) is 32.1 Å². The van der Waals surface area contributed by atoms with E-state index in [4.69, 9.17) is 0 Å². The fraction of sp³-hybridized carbons (Fsp3) is 0.727. The molecule has 2 heterocycles. The lowest BCUT2D eigenvalue weighted by atomic mass is 9.98. The predicted octanol–water partition coefficient (Wildman–Crippen LogP) is 1.23. The van der Waals surface area contributed by atoms with E-state index in [0.29, 0.717) is 6.54 Å². The molecule has 0 aromatic carbocycles. The van der Waals surface area contributed by atoms with Gasteiger partial charge in [-0.25, -0.2) is 0 Å². The van der Waals surface area contributed by atoms with Crippen LogP contribution in [-0.2, 0) is 12.0 Å². The van der Waals surface area contributed by atoms with Crippen LogP contribution in [0.15, 0.2) is 4.99 Å². The average molecular weight is 253 g/mol. The molecule has 0 saturated carbocycles. The Morgan fingerprint density at radius 3 is 2.65 bits per heavy atom. The van der Waals surface area contributed by atoms with Crippen LogP contribution < -0.4 is 5.32 Å². The van der Waals surface area contributed by atoms with Gasteiger partial charge < -0.3 is 10.2 Å². The van der Waals surface area contributed by atoms with Crippen molar-refractivity contribution in [3.63, 3.8) is 0 Å². The number of hydrogen-bond donors (Lipinski definition) is 1. The Morgan fingerprint density at radius 2 is 2.12 bits per heavy atom. The quantitative estimate of drug-likeness (QED) is 0.861. The van der Waals surface area contributed by atoms with Crippen LogP contribution in [0.2, 0.25) is 0 Å². The van der Waals surface area contributed by atoms with Crippen molar-refractivity contribution in [2.45, 2.75) is 32.7 Å². The monoisotopic (exact) mass is 253 g/mol. The highest BCUT2D eigenvalue weighted by Crippen LogP contribution is 2.25. The summed E-state index contributed by atoms with van der Waals surface area (Å²) in [7, 11) is 2.04. The molecular weight excluding hydrogens is 234 g/mol. The Labute approximate surface area is 106 Å². The van der Waals surface area contributed by atoms with Gasteiger partial charge >= 0.3 is 0 Å². The van der Waals surface area contributed by atoms with E-state index in [1.807, 2.05) is 7.05 Å². The first-order valence-electron chi connectivity index (χ1n) is 5.79.